The molecule has 0 saturated heterocycles. The third kappa shape index (κ3) is 2.80. The number of hydrogen-bond donors (Lipinski definition) is 2. The number of para-hydroxylation sites is 1. The zero-order valence-corrected chi connectivity index (χ0v) is 13.7. The summed E-state index contributed by atoms with van der Waals surface area (Å²) in [6.07, 6.45) is 1.67. The molecule has 2 N–H and O–H groups in total. The Morgan fingerprint density at radius 1 is 1.04 bits per heavy atom. The summed E-state index contributed by atoms with van der Waals surface area (Å²) in [6, 6.07) is 22.5. The van der Waals surface area contributed by atoms with Crippen LogP contribution in [0.2, 0.25) is 0 Å². The highest BCUT2D eigenvalue weighted by Gasteiger charge is 2.15. The number of amides is 1. The molecule has 0 unspecified atom stereocenters. The first-order chi connectivity index (χ1) is 12.8. The summed E-state index contributed by atoms with van der Waals surface area (Å²) in [5.74, 6) is -0.235. The van der Waals surface area contributed by atoms with Gasteiger partial charge in [-0.05, 0) is 41.5 Å². The number of fused-ring (bicyclic) bond motifs is 1. The molecule has 5 heteroatoms. The Morgan fingerprint density at radius 3 is 2.62 bits per heavy atom. The van der Waals surface area contributed by atoms with Gasteiger partial charge in [-0.1, -0.05) is 36.4 Å². The minimum Gasteiger partial charge on any atom is -0.322 e. The topological polar surface area (TPSA) is 81.6 Å². The molecule has 0 saturated carbocycles. The molecule has 0 aliphatic rings. The SMILES string of the molecule is N#Cc1ccccc1-c1cc(C(=O)Nc2ccccc2)c2[nH]ncc2c1. The first-order valence-electron chi connectivity index (χ1n) is 8.09. The van der Waals surface area contributed by atoms with Crippen LogP contribution in [0.4, 0.5) is 5.69 Å². The standard InChI is InChI=1S/C21H14N4O/c22-12-14-6-4-5-9-18(14)15-10-16-13-23-25-20(16)19(11-15)21(26)24-17-7-2-1-3-8-17/h1-11,13H,(H,23,25)(H,24,26). The largest absolute Gasteiger partial charge is 0.322 e. The number of nitrogens with zero attached hydrogens (tertiary/aromatic N) is 2. The van der Waals surface area contributed by atoms with Crippen molar-refractivity contribution in [1.82, 2.24) is 10.2 Å². The fourth-order valence-corrected chi connectivity index (χ4v) is 2.94. The molecule has 0 aliphatic carbocycles. The van der Waals surface area contributed by atoms with E-state index in [1.54, 1.807) is 18.3 Å². The summed E-state index contributed by atoms with van der Waals surface area (Å²) in [4.78, 5) is 12.8. The lowest BCUT2D eigenvalue weighted by Crippen LogP contribution is -2.12. The van der Waals surface area contributed by atoms with Crippen LogP contribution in [0.3, 0.4) is 0 Å². The van der Waals surface area contributed by atoms with Crippen LogP contribution >= 0.6 is 0 Å². The molecule has 1 amide bonds. The van der Waals surface area contributed by atoms with Crippen molar-refractivity contribution in [2.45, 2.75) is 0 Å². The summed E-state index contributed by atoms with van der Waals surface area (Å²) in [6.45, 7) is 0. The molecule has 1 heterocycles. The molecule has 0 fully saturated rings. The second-order valence-electron chi connectivity index (χ2n) is 5.84. The summed E-state index contributed by atoms with van der Waals surface area (Å²) >= 11 is 0. The number of carbonyl (C=O) groups excluding carboxylic acids is 1. The lowest BCUT2D eigenvalue weighted by atomic mass is 9.96. The van der Waals surface area contributed by atoms with Gasteiger partial charge in [0, 0.05) is 11.1 Å². The number of anilines is 1. The van der Waals surface area contributed by atoms with Crippen molar-refractivity contribution in [3.63, 3.8) is 0 Å². The van der Waals surface area contributed by atoms with Gasteiger partial charge >= 0.3 is 0 Å². The number of nitriles is 1. The average molecular weight is 338 g/mol. The number of aromatic nitrogens is 2. The number of rotatable bonds is 3. The average Bonchev–Trinajstić information content (AvgIpc) is 3.16. The van der Waals surface area contributed by atoms with Gasteiger partial charge in [0.15, 0.2) is 0 Å². The van der Waals surface area contributed by atoms with Crippen LogP contribution in [0, 0.1) is 11.3 Å². The maximum Gasteiger partial charge on any atom is 0.257 e. The van der Waals surface area contributed by atoms with Gasteiger partial charge in [-0.3, -0.25) is 9.89 Å². The van der Waals surface area contributed by atoms with Crippen molar-refractivity contribution in [2.75, 3.05) is 5.32 Å². The molecule has 4 rings (SSSR count). The number of nitrogens with one attached hydrogen (secondary N) is 2. The summed E-state index contributed by atoms with van der Waals surface area (Å²) in [7, 11) is 0. The Hall–Kier alpha value is -3.91. The van der Waals surface area contributed by atoms with Gasteiger partial charge in [0.1, 0.15) is 0 Å². The van der Waals surface area contributed by atoms with E-state index in [4.69, 9.17) is 0 Å². The van der Waals surface area contributed by atoms with Gasteiger partial charge in [0.2, 0.25) is 0 Å². The van der Waals surface area contributed by atoms with E-state index in [1.807, 2.05) is 54.6 Å². The third-order valence-electron chi connectivity index (χ3n) is 4.18. The van der Waals surface area contributed by atoms with E-state index in [9.17, 15) is 10.1 Å². The fourth-order valence-electron chi connectivity index (χ4n) is 2.94. The highest BCUT2D eigenvalue weighted by molar-refractivity contribution is 6.13. The number of benzene rings is 3. The summed E-state index contributed by atoms with van der Waals surface area (Å²) < 4.78 is 0. The first-order valence-corrected chi connectivity index (χ1v) is 8.09. The molecule has 26 heavy (non-hydrogen) atoms. The monoisotopic (exact) mass is 338 g/mol. The van der Waals surface area contributed by atoms with E-state index >= 15 is 0 Å². The van der Waals surface area contributed by atoms with Crippen LogP contribution in [0.5, 0.6) is 0 Å². The maximum atomic E-state index is 12.8. The molecular formula is C21H14N4O. The summed E-state index contributed by atoms with van der Waals surface area (Å²) in [5, 5.41) is 20.0. The smallest absolute Gasteiger partial charge is 0.257 e. The lowest BCUT2D eigenvalue weighted by Gasteiger charge is -2.10. The highest BCUT2D eigenvalue weighted by Crippen LogP contribution is 2.29. The van der Waals surface area contributed by atoms with Gasteiger partial charge in [0.05, 0.1) is 28.9 Å². The number of aromatic amines is 1. The Labute approximate surface area is 149 Å². The minimum absolute atomic E-state index is 0.235. The summed E-state index contributed by atoms with van der Waals surface area (Å²) in [5.41, 5.74) is 4.00. The van der Waals surface area contributed by atoms with E-state index < -0.39 is 0 Å². The molecule has 3 aromatic carbocycles. The molecule has 124 valence electrons. The van der Waals surface area contributed by atoms with Crippen LogP contribution in [-0.2, 0) is 0 Å². The Bertz CT molecular complexity index is 1140. The molecule has 4 aromatic rings. The van der Waals surface area contributed by atoms with Crippen LogP contribution in [0.1, 0.15) is 15.9 Å². The lowest BCUT2D eigenvalue weighted by molar-refractivity contribution is 0.102. The van der Waals surface area contributed by atoms with Crippen molar-refractivity contribution in [3.8, 4) is 17.2 Å². The van der Waals surface area contributed by atoms with Crippen molar-refractivity contribution in [1.29, 1.82) is 5.26 Å². The predicted octanol–water partition coefficient (Wildman–Crippen LogP) is 4.35. The van der Waals surface area contributed by atoms with Gasteiger partial charge in [-0.15, -0.1) is 0 Å². The molecule has 0 radical (unpaired) electrons. The normalized spacial score (nSPS) is 10.4. The molecule has 0 aliphatic heterocycles. The van der Waals surface area contributed by atoms with E-state index in [1.165, 1.54) is 0 Å². The van der Waals surface area contributed by atoms with Gasteiger partial charge in [-0.2, -0.15) is 10.4 Å². The Morgan fingerprint density at radius 2 is 1.81 bits per heavy atom. The molecule has 5 nitrogen and oxygen atoms in total. The molecule has 0 spiro atoms. The van der Waals surface area contributed by atoms with E-state index in [0.29, 0.717) is 22.3 Å². The molecule has 0 atom stereocenters. The molecule has 1 aromatic heterocycles. The first kappa shape index (κ1) is 15.6. The van der Waals surface area contributed by atoms with Crippen molar-refractivity contribution in [2.24, 2.45) is 0 Å². The minimum atomic E-state index is -0.235. The Kier molecular flexibility index (Phi) is 3.92. The number of carbonyl (C=O) groups is 1. The number of hydrogen-bond acceptors (Lipinski definition) is 3. The zero-order valence-electron chi connectivity index (χ0n) is 13.7. The zero-order chi connectivity index (χ0) is 17.9. The van der Waals surface area contributed by atoms with Gasteiger partial charge in [0.25, 0.3) is 5.91 Å². The number of H-pyrrole nitrogens is 1. The van der Waals surface area contributed by atoms with E-state index in [-0.39, 0.29) is 5.91 Å². The highest BCUT2D eigenvalue weighted by atomic mass is 16.1. The molecular weight excluding hydrogens is 324 g/mol. The van der Waals surface area contributed by atoms with Crippen LogP contribution in [0.15, 0.2) is 72.9 Å². The van der Waals surface area contributed by atoms with Crippen LogP contribution in [0.25, 0.3) is 22.0 Å². The van der Waals surface area contributed by atoms with Crippen LogP contribution < -0.4 is 5.32 Å². The van der Waals surface area contributed by atoms with E-state index in [0.717, 1.165) is 16.5 Å². The van der Waals surface area contributed by atoms with Crippen molar-refractivity contribution >= 4 is 22.5 Å². The van der Waals surface area contributed by atoms with Crippen LogP contribution in [-0.4, -0.2) is 16.1 Å². The molecule has 0 bridgehead atoms. The maximum absolute atomic E-state index is 12.8. The van der Waals surface area contributed by atoms with Gasteiger partial charge < -0.3 is 5.32 Å². The fraction of sp³-hybridized carbons (Fsp3) is 0. The third-order valence-corrected chi connectivity index (χ3v) is 4.18. The van der Waals surface area contributed by atoms with Crippen molar-refractivity contribution < 1.29 is 4.79 Å². The Balaban J connectivity index is 1.83. The van der Waals surface area contributed by atoms with Gasteiger partial charge in [-0.25, -0.2) is 0 Å². The second-order valence-corrected chi connectivity index (χ2v) is 5.84. The second kappa shape index (κ2) is 6.54. The predicted molar refractivity (Wildman–Crippen MR) is 101 cm³/mol. The van der Waals surface area contributed by atoms with E-state index in [2.05, 4.69) is 21.6 Å². The quantitative estimate of drug-likeness (QED) is 0.582. The van der Waals surface area contributed by atoms with Crippen molar-refractivity contribution in [3.05, 3.63) is 84.1 Å².